The molecule has 0 unspecified atom stereocenters. The molecule has 1 aromatic heterocycles. The summed E-state index contributed by atoms with van der Waals surface area (Å²) in [6.45, 7) is 1.38. The molecule has 0 bridgehead atoms. The van der Waals surface area contributed by atoms with E-state index in [1.165, 1.54) is 0 Å². The molecule has 0 saturated heterocycles. The summed E-state index contributed by atoms with van der Waals surface area (Å²) in [5.74, 6) is -0.0604. The average molecular weight is 284 g/mol. The van der Waals surface area contributed by atoms with E-state index in [9.17, 15) is 4.79 Å². The second-order valence-electron chi connectivity index (χ2n) is 5.09. The molecule has 0 aliphatic rings. The van der Waals surface area contributed by atoms with Crippen LogP contribution in [0.5, 0.6) is 0 Å². The fourth-order valence-electron chi connectivity index (χ4n) is 1.95. The Morgan fingerprint density at radius 2 is 1.86 bits per heavy atom. The fourth-order valence-corrected chi connectivity index (χ4v) is 1.95. The van der Waals surface area contributed by atoms with Gasteiger partial charge in [-0.2, -0.15) is 0 Å². The molecule has 0 aliphatic carbocycles. The minimum atomic E-state index is -0.0604. The first kappa shape index (κ1) is 15.0. The largest absolute Gasteiger partial charge is 0.399 e. The van der Waals surface area contributed by atoms with Gasteiger partial charge < -0.3 is 15.5 Å². The van der Waals surface area contributed by atoms with Crippen molar-refractivity contribution in [2.45, 2.75) is 0 Å². The summed E-state index contributed by atoms with van der Waals surface area (Å²) in [6, 6.07) is 10.9. The highest BCUT2D eigenvalue weighted by molar-refractivity contribution is 6.05. The second kappa shape index (κ2) is 6.85. The molecule has 5 nitrogen and oxygen atoms in total. The van der Waals surface area contributed by atoms with Crippen molar-refractivity contribution >= 4 is 17.3 Å². The molecule has 0 aliphatic heterocycles. The Morgan fingerprint density at radius 3 is 2.43 bits per heavy atom. The van der Waals surface area contributed by atoms with Gasteiger partial charge in [0.15, 0.2) is 0 Å². The Kier molecular flexibility index (Phi) is 4.90. The molecule has 1 amide bonds. The van der Waals surface area contributed by atoms with Gasteiger partial charge in [0, 0.05) is 36.9 Å². The molecular weight excluding hydrogens is 264 g/mol. The van der Waals surface area contributed by atoms with Crippen LogP contribution in [0, 0.1) is 0 Å². The molecule has 5 heteroatoms. The monoisotopic (exact) mass is 284 g/mol. The Labute approximate surface area is 125 Å². The Bertz CT molecular complexity index is 581. The number of benzene rings is 1. The summed E-state index contributed by atoms with van der Waals surface area (Å²) in [6.07, 6.45) is 3.24. The zero-order valence-electron chi connectivity index (χ0n) is 12.4. The topological polar surface area (TPSA) is 62.5 Å². The maximum absolute atomic E-state index is 12.7. The van der Waals surface area contributed by atoms with Crippen LogP contribution in [0.15, 0.2) is 48.8 Å². The van der Waals surface area contributed by atoms with Crippen LogP contribution in [-0.4, -0.2) is 43.0 Å². The number of rotatable bonds is 5. The summed E-state index contributed by atoms with van der Waals surface area (Å²) < 4.78 is 0. The average Bonchev–Trinajstić information content (AvgIpc) is 2.49. The standard InChI is InChI=1S/C16H20N4O/c1-19(2)10-11-20(15-7-5-14(17)6-8-15)16(21)13-4-3-9-18-12-13/h3-9,12H,10-11,17H2,1-2H3. The number of anilines is 2. The van der Waals surface area contributed by atoms with Crippen LogP contribution in [0.1, 0.15) is 10.4 Å². The fraction of sp³-hybridized carbons (Fsp3) is 0.250. The van der Waals surface area contributed by atoms with Crippen LogP contribution in [0.4, 0.5) is 11.4 Å². The molecule has 2 rings (SSSR count). The summed E-state index contributed by atoms with van der Waals surface area (Å²) in [4.78, 5) is 20.5. The van der Waals surface area contributed by atoms with Gasteiger partial charge >= 0.3 is 0 Å². The van der Waals surface area contributed by atoms with Crippen LogP contribution < -0.4 is 10.6 Å². The molecule has 110 valence electrons. The molecule has 21 heavy (non-hydrogen) atoms. The van der Waals surface area contributed by atoms with Crippen molar-refractivity contribution < 1.29 is 4.79 Å². The van der Waals surface area contributed by atoms with Gasteiger partial charge in [-0.05, 0) is 50.5 Å². The third-order valence-corrected chi connectivity index (χ3v) is 3.13. The lowest BCUT2D eigenvalue weighted by Gasteiger charge is -2.24. The summed E-state index contributed by atoms with van der Waals surface area (Å²) >= 11 is 0. The van der Waals surface area contributed by atoms with E-state index < -0.39 is 0 Å². The second-order valence-corrected chi connectivity index (χ2v) is 5.09. The van der Waals surface area contributed by atoms with E-state index in [1.807, 2.05) is 31.1 Å². The summed E-state index contributed by atoms with van der Waals surface area (Å²) in [5.41, 5.74) is 7.81. The molecule has 1 aromatic carbocycles. The van der Waals surface area contributed by atoms with Crippen LogP contribution in [0.25, 0.3) is 0 Å². The van der Waals surface area contributed by atoms with Crippen molar-refractivity contribution in [3.8, 4) is 0 Å². The Hall–Kier alpha value is -2.40. The number of aromatic nitrogens is 1. The van der Waals surface area contributed by atoms with Crippen LogP contribution >= 0.6 is 0 Å². The number of hydrogen-bond donors (Lipinski definition) is 1. The number of carbonyl (C=O) groups excluding carboxylic acids is 1. The lowest BCUT2D eigenvalue weighted by atomic mass is 10.2. The summed E-state index contributed by atoms with van der Waals surface area (Å²) in [5, 5.41) is 0. The number of nitrogens with zero attached hydrogens (tertiary/aromatic N) is 3. The first-order valence-electron chi connectivity index (χ1n) is 6.80. The molecule has 2 N–H and O–H groups in total. The van der Waals surface area contributed by atoms with Crippen molar-refractivity contribution in [1.29, 1.82) is 0 Å². The molecular formula is C16H20N4O. The highest BCUT2D eigenvalue weighted by Gasteiger charge is 2.17. The van der Waals surface area contributed by atoms with E-state index in [-0.39, 0.29) is 5.91 Å². The maximum Gasteiger partial charge on any atom is 0.259 e. The summed E-state index contributed by atoms with van der Waals surface area (Å²) in [7, 11) is 3.96. The van der Waals surface area contributed by atoms with E-state index in [0.717, 1.165) is 12.2 Å². The quantitative estimate of drug-likeness (QED) is 0.851. The van der Waals surface area contributed by atoms with Crippen molar-refractivity contribution in [1.82, 2.24) is 9.88 Å². The molecule has 0 radical (unpaired) electrons. The number of pyridine rings is 1. The van der Waals surface area contributed by atoms with Crippen LogP contribution in [-0.2, 0) is 0 Å². The maximum atomic E-state index is 12.7. The van der Waals surface area contributed by atoms with Gasteiger partial charge in [0.2, 0.25) is 0 Å². The number of carbonyl (C=O) groups is 1. The van der Waals surface area contributed by atoms with Crippen molar-refractivity contribution in [3.63, 3.8) is 0 Å². The van der Waals surface area contributed by atoms with E-state index in [4.69, 9.17) is 5.73 Å². The van der Waals surface area contributed by atoms with Gasteiger partial charge in [0.25, 0.3) is 5.91 Å². The van der Waals surface area contributed by atoms with Gasteiger partial charge in [-0.3, -0.25) is 9.78 Å². The molecule has 2 aromatic rings. The van der Waals surface area contributed by atoms with E-state index in [0.29, 0.717) is 17.8 Å². The van der Waals surface area contributed by atoms with Gasteiger partial charge in [0.05, 0.1) is 5.56 Å². The zero-order chi connectivity index (χ0) is 15.2. The highest BCUT2D eigenvalue weighted by Crippen LogP contribution is 2.18. The number of likely N-dealkylation sites (N-methyl/N-ethyl adjacent to an activating group) is 1. The minimum Gasteiger partial charge on any atom is -0.399 e. The van der Waals surface area contributed by atoms with E-state index in [1.54, 1.807) is 41.6 Å². The predicted octanol–water partition coefficient (Wildman–Crippen LogP) is 1.87. The molecule has 0 fully saturated rings. The first-order valence-corrected chi connectivity index (χ1v) is 6.80. The highest BCUT2D eigenvalue weighted by atomic mass is 16.2. The number of amides is 1. The van der Waals surface area contributed by atoms with Crippen molar-refractivity contribution in [3.05, 3.63) is 54.4 Å². The van der Waals surface area contributed by atoms with E-state index >= 15 is 0 Å². The zero-order valence-corrected chi connectivity index (χ0v) is 12.4. The first-order chi connectivity index (χ1) is 10.1. The lowest BCUT2D eigenvalue weighted by molar-refractivity contribution is 0.0985. The van der Waals surface area contributed by atoms with Gasteiger partial charge in [-0.1, -0.05) is 0 Å². The number of nitrogens with two attached hydrogens (primary N) is 1. The van der Waals surface area contributed by atoms with Gasteiger partial charge in [-0.25, -0.2) is 0 Å². The third-order valence-electron chi connectivity index (χ3n) is 3.13. The molecule has 0 spiro atoms. The molecule has 0 saturated carbocycles. The minimum absolute atomic E-state index is 0.0604. The molecule has 1 heterocycles. The Morgan fingerprint density at radius 1 is 1.14 bits per heavy atom. The van der Waals surface area contributed by atoms with E-state index in [2.05, 4.69) is 4.98 Å². The number of hydrogen-bond acceptors (Lipinski definition) is 4. The Balaban J connectivity index is 2.27. The smallest absolute Gasteiger partial charge is 0.259 e. The van der Waals surface area contributed by atoms with Crippen LogP contribution in [0.3, 0.4) is 0 Å². The van der Waals surface area contributed by atoms with Gasteiger partial charge in [-0.15, -0.1) is 0 Å². The predicted molar refractivity (Wildman–Crippen MR) is 85.3 cm³/mol. The molecule has 0 atom stereocenters. The lowest BCUT2D eigenvalue weighted by Crippen LogP contribution is -2.36. The third kappa shape index (κ3) is 4.03. The van der Waals surface area contributed by atoms with Crippen LogP contribution in [0.2, 0.25) is 0 Å². The SMILES string of the molecule is CN(C)CCN(C(=O)c1cccnc1)c1ccc(N)cc1. The van der Waals surface area contributed by atoms with Crippen molar-refractivity contribution in [2.24, 2.45) is 0 Å². The van der Waals surface area contributed by atoms with Gasteiger partial charge in [0.1, 0.15) is 0 Å². The number of nitrogen functional groups attached to an aromatic ring is 1. The van der Waals surface area contributed by atoms with Crippen molar-refractivity contribution in [2.75, 3.05) is 37.8 Å². The normalized spacial score (nSPS) is 10.6.